The van der Waals surface area contributed by atoms with E-state index in [2.05, 4.69) is 5.32 Å². The summed E-state index contributed by atoms with van der Waals surface area (Å²) in [5, 5.41) is 4.83. The van der Waals surface area contributed by atoms with Crippen molar-refractivity contribution in [3.8, 4) is 11.5 Å². The molecule has 1 N–H and O–H groups in total. The van der Waals surface area contributed by atoms with Crippen molar-refractivity contribution in [2.45, 2.75) is 0 Å². The van der Waals surface area contributed by atoms with Crippen molar-refractivity contribution in [2.24, 2.45) is 0 Å². The summed E-state index contributed by atoms with van der Waals surface area (Å²) in [5.74, 6) is -0.711. The minimum absolute atomic E-state index is 0.0829. The summed E-state index contributed by atoms with van der Waals surface area (Å²) in [6.07, 6.45) is 0. The summed E-state index contributed by atoms with van der Waals surface area (Å²) in [6.45, 7) is 0.125. The SMILES string of the molecule is O=C1C(Nc2ccc3c(c2)OCO3)=C(c2cccs2)C(=O)N1c1ccccc1F. The lowest BCUT2D eigenvalue weighted by Crippen LogP contribution is -2.33. The number of rotatable bonds is 4. The lowest BCUT2D eigenvalue weighted by atomic mass is 10.1. The number of fused-ring (bicyclic) bond motifs is 1. The Hall–Kier alpha value is -3.65. The number of para-hydroxylation sites is 1. The molecule has 3 aromatic rings. The molecule has 1 aromatic heterocycles. The molecule has 0 bridgehead atoms. The molecule has 2 aromatic carbocycles. The maximum Gasteiger partial charge on any atom is 0.282 e. The molecule has 0 saturated carbocycles. The predicted octanol–water partition coefficient (Wildman–Crippen LogP) is 4.01. The number of benzene rings is 2. The van der Waals surface area contributed by atoms with E-state index in [0.29, 0.717) is 22.1 Å². The van der Waals surface area contributed by atoms with Gasteiger partial charge in [0.2, 0.25) is 6.79 Å². The zero-order valence-corrected chi connectivity index (χ0v) is 15.7. The van der Waals surface area contributed by atoms with Gasteiger partial charge in [-0.2, -0.15) is 0 Å². The highest BCUT2D eigenvalue weighted by Crippen LogP contribution is 2.38. The minimum Gasteiger partial charge on any atom is -0.454 e. The van der Waals surface area contributed by atoms with E-state index in [1.54, 1.807) is 36.4 Å². The first-order valence-corrected chi connectivity index (χ1v) is 9.59. The van der Waals surface area contributed by atoms with Crippen LogP contribution in [0.2, 0.25) is 0 Å². The average Bonchev–Trinajstić information content (AvgIpc) is 3.44. The van der Waals surface area contributed by atoms with Gasteiger partial charge in [-0.3, -0.25) is 9.59 Å². The zero-order valence-electron chi connectivity index (χ0n) is 14.8. The number of imide groups is 1. The van der Waals surface area contributed by atoms with Crippen LogP contribution in [0.5, 0.6) is 11.5 Å². The van der Waals surface area contributed by atoms with Crippen molar-refractivity contribution in [1.82, 2.24) is 0 Å². The molecule has 2 amide bonds. The number of hydrogen-bond acceptors (Lipinski definition) is 6. The summed E-state index contributed by atoms with van der Waals surface area (Å²) >= 11 is 1.33. The van der Waals surface area contributed by atoms with Crippen LogP contribution >= 0.6 is 11.3 Å². The third-order valence-corrected chi connectivity index (χ3v) is 5.47. The van der Waals surface area contributed by atoms with Crippen LogP contribution in [-0.4, -0.2) is 18.6 Å². The molecule has 144 valence electrons. The number of carbonyl (C=O) groups excluding carboxylic acids is 2. The second-order valence-electron chi connectivity index (χ2n) is 6.32. The number of ether oxygens (including phenoxy) is 2. The molecule has 0 atom stereocenters. The molecular formula is C21H13FN2O4S. The summed E-state index contributed by atoms with van der Waals surface area (Å²) in [4.78, 5) is 27.8. The van der Waals surface area contributed by atoms with Gasteiger partial charge in [0.05, 0.1) is 11.3 Å². The largest absolute Gasteiger partial charge is 0.454 e. The minimum atomic E-state index is -0.649. The van der Waals surface area contributed by atoms with Gasteiger partial charge in [0, 0.05) is 16.6 Å². The van der Waals surface area contributed by atoms with E-state index in [1.165, 1.54) is 29.5 Å². The van der Waals surface area contributed by atoms with Crippen LogP contribution in [0, 0.1) is 5.82 Å². The monoisotopic (exact) mass is 408 g/mol. The van der Waals surface area contributed by atoms with Crippen LogP contribution in [-0.2, 0) is 9.59 Å². The Morgan fingerprint density at radius 1 is 0.966 bits per heavy atom. The Morgan fingerprint density at radius 3 is 2.59 bits per heavy atom. The first-order valence-electron chi connectivity index (χ1n) is 8.71. The number of anilines is 2. The second kappa shape index (κ2) is 6.75. The van der Waals surface area contributed by atoms with Crippen LogP contribution in [0.15, 0.2) is 65.7 Å². The normalized spacial score (nSPS) is 15.4. The maximum atomic E-state index is 14.3. The number of hydrogen-bond donors (Lipinski definition) is 1. The Balaban J connectivity index is 1.59. The van der Waals surface area contributed by atoms with Gasteiger partial charge in [0.25, 0.3) is 11.8 Å². The van der Waals surface area contributed by atoms with Crippen LogP contribution in [0.1, 0.15) is 4.88 Å². The second-order valence-corrected chi connectivity index (χ2v) is 7.27. The van der Waals surface area contributed by atoms with Gasteiger partial charge < -0.3 is 14.8 Å². The standard InChI is InChI=1S/C21H13FN2O4S/c22-13-4-1-2-5-14(13)24-20(25)18(17-6-3-9-29-17)19(21(24)26)23-12-7-8-15-16(10-12)28-11-27-15/h1-10,23H,11H2. The van der Waals surface area contributed by atoms with Crippen molar-refractivity contribution < 1.29 is 23.5 Å². The fourth-order valence-corrected chi connectivity index (χ4v) is 4.03. The Labute approximate surface area is 168 Å². The molecule has 0 unspecified atom stereocenters. The van der Waals surface area contributed by atoms with Gasteiger partial charge in [0.1, 0.15) is 11.5 Å². The van der Waals surface area contributed by atoms with Crippen molar-refractivity contribution >= 4 is 40.1 Å². The number of nitrogens with zero attached hydrogens (tertiary/aromatic N) is 1. The highest BCUT2D eigenvalue weighted by atomic mass is 32.1. The molecular weight excluding hydrogens is 395 g/mol. The number of thiophene rings is 1. The molecule has 0 radical (unpaired) electrons. The van der Waals surface area contributed by atoms with Gasteiger partial charge in [0.15, 0.2) is 11.5 Å². The van der Waals surface area contributed by atoms with Crippen molar-refractivity contribution in [3.05, 3.63) is 76.4 Å². The van der Waals surface area contributed by atoms with E-state index in [1.807, 2.05) is 5.38 Å². The quantitative estimate of drug-likeness (QED) is 0.661. The molecule has 2 aliphatic heterocycles. The predicted molar refractivity (Wildman–Crippen MR) is 106 cm³/mol. The fourth-order valence-electron chi connectivity index (χ4n) is 3.27. The highest BCUT2D eigenvalue weighted by Gasteiger charge is 2.41. The molecule has 29 heavy (non-hydrogen) atoms. The molecule has 0 fully saturated rings. The van der Waals surface area contributed by atoms with E-state index in [-0.39, 0.29) is 23.8 Å². The summed E-state index contributed by atoms with van der Waals surface area (Å²) in [7, 11) is 0. The summed E-state index contributed by atoms with van der Waals surface area (Å²) in [6, 6.07) is 14.3. The highest BCUT2D eigenvalue weighted by molar-refractivity contribution is 7.11. The zero-order chi connectivity index (χ0) is 20.0. The van der Waals surface area contributed by atoms with Gasteiger partial charge >= 0.3 is 0 Å². The van der Waals surface area contributed by atoms with E-state index in [0.717, 1.165) is 4.90 Å². The van der Waals surface area contributed by atoms with Crippen LogP contribution in [0.4, 0.5) is 15.8 Å². The molecule has 3 heterocycles. The number of halogens is 1. The molecule has 0 spiro atoms. The third kappa shape index (κ3) is 2.85. The first kappa shape index (κ1) is 17.4. The smallest absolute Gasteiger partial charge is 0.282 e. The van der Waals surface area contributed by atoms with E-state index in [9.17, 15) is 14.0 Å². The van der Waals surface area contributed by atoms with E-state index < -0.39 is 17.6 Å². The van der Waals surface area contributed by atoms with Crippen molar-refractivity contribution in [1.29, 1.82) is 0 Å². The van der Waals surface area contributed by atoms with Crippen LogP contribution in [0.3, 0.4) is 0 Å². The molecule has 6 nitrogen and oxygen atoms in total. The molecule has 8 heteroatoms. The number of carbonyl (C=O) groups is 2. The first-order chi connectivity index (χ1) is 14.1. The van der Waals surface area contributed by atoms with Gasteiger partial charge in [-0.25, -0.2) is 9.29 Å². The number of amides is 2. The lowest BCUT2D eigenvalue weighted by molar-refractivity contribution is -0.120. The van der Waals surface area contributed by atoms with Crippen molar-refractivity contribution in [3.63, 3.8) is 0 Å². The van der Waals surface area contributed by atoms with Gasteiger partial charge in [-0.15, -0.1) is 11.3 Å². The van der Waals surface area contributed by atoms with Gasteiger partial charge in [-0.1, -0.05) is 18.2 Å². The molecule has 0 saturated heterocycles. The summed E-state index contributed by atoms with van der Waals surface area (Å²) in [5.41, 5.74) is 0.749. The average molecular weight is 408 g/mol. The maximum absolute atomic E-state index is 14.3. The summed E-state index contributed by atoms with van der Waals surface area (Å²) < 4.78 is 25.0. The van der Waals surface area contributed by atoms with Crippen molar-refractivity contribution in [2.75, 3.05) is 17.0 Å². The van der Waals surface area contributed by atoms with Crippen LogP contribution in [0.25, 0.3) is 5.57 Å². The Morgan fingerprint density at radius 2 is 1.79 bits per heavy atom. The molecule has 0 aliphatic carbocycles. The van der Waals surface area contributed by atoms with E-state index in [4.69, 9.17) is 9.47 Å². The topological polar surface area (TPSA) is 67.9 Å². The van der Waals surface area contributed by atoms with E-state index >= 15 is 0 Å². The lowest BCUT2D eigenvalue weighted by Gasteiger charge is -2.16. The number of nitrogens with one attached hydrogen (secondary N) is 1. The van der Waals surface area contributed by atoms with Gasteiger partial charge in [-0.05, 0) is 35.7 Å². The Bertz CT molecular complexity index is 1170. The third-order valence-electron chi connectivity index (χ3n) is 4.59. The van der Waals surface area contributed by atoms with Crippen LogP contribution < -0.4 is 19.7 Å². The molecule has 2 aliphatic rings. The Kier molecular flexibility index (Phi) is 4.06. The molecule has 5 rings (SSSR count). The fraction of sp³-hybridized carbons (Fsp3) is 0.0476.